The van der Waals surface area contributed by atoms with Crippen LogP contribution in [0.1, 0.15) is 52.2 Å². The SMILES string of the molecule is COc1ccc(C(N)=O)cc1NC(=O)c1ccc2c(=O)n3c(nc2c1)CCCCCC3. The smallest absolute Gasteiger partial charge is 0.261 e. The van der Waals surface area contributed by atoms with E-state index in [-0.39, 0.29) is 11.1 Å². The number of aryl methyl sites for hydroxylation is 1. The maximum Gasteiger partial charge on any atom is 0.261 e. The molecule has 0 spiro atoms. The van der Waals surface area contributed by atoms with Crippen LogP contribution in [0.15, 0.2) is 41.2 Å². The largest absolute Gasteiger partial charge is 0.495 e. The average molecular weight is 420 g/mol. The molecule has 2 amide bonds. The molecule has 1 aromatic heterocycles. The van der Waals surface area contributed by atoms with Gasteiger partial charge in [0, 0.05) is 24.1 Å². The normalized spacial score (nSPS) is 13.7. The van der Waals surface area contributed by atoms with Gasteiger partial charge in [0.25, 0.3) is 11.5 Å². The van der Waals surface area contributed by atoms with Crippen LogP contribution < -0.4 is 21.3 Å². The number of primary amides is 1. The van der Waals surface area contributed by atoms with Gasteiger partial charge in [0.2, 0.25) is 5.91 Å². The molecule has 0 saturated carbocycles. The zero-order valence-electron chi connectivity index (χ0n) is 17.3. The lowest BCUT2D eigenvalue weighted by molar-refractivity contribution is 0.0996. The quantitative estimate of drug-likeness (QED) is 0.673. The van der Waals surface area contributed by atoms with E-state index >= 15 is 0 Å². The van der Waals surface area contributed by atoms with Crippen LogP contribution in [0.3, 0.4) is 0 Å². The van der Waals surface area contributed by atoms with Crippen molar-refractivity contribution >= 4 is 28.4 Å². The number of carbonyl (C=O) groups excluding carboxylic acids is 2. The van der Waals surface area contributed by atoms with Gasteiger partial charge in [-0.05, 0) is 49.2 Å². The number of nitrogens with one attached hydrogen (secondary N) is 1. The van der Waals surface area contributed by atoms with Crippen molar-refractivity contribution in [3.8, 4) is 5.75 Å². The van der Waals surface area contributed by atoms with Crippen molar-refractivity contribution in [3.05, 3.63) is 63.7 Å². The highest BCUT2D eigenvalue weighted by molar-refractivity contribution is 6.07. The highest BCUT2D eigenvalue weighted by Crippen LogP contribution is 2.26. The Morgan fingerprint density at radius 1 is 1.06 bits per heavy atom. The fraction of sp³-hybridized carbons (Fsp3) is 0.304. The molecule has 2 heterocycles. The predicted octanol–water partition coefficient (Wildman–Crippen LogP) is 2.87. The summed E-state index contributed by atoms with van der Waals surface area (Å²) < 4.78 is 7.03. The zero-order valence-corrected chi connectivity index (χ0v) is 17.3. The van der Waals surface area contributed by atoms with Crippen molar-refractivity contribution in [1.29, 1.82) is 0 Å². The molecule has 0 fully saturated rings. The van der Waals surface area contributed by atoms with Gasteiger partial charge in [-0.1, -0.05) is 12.8 Å². The second-order valence-electron chi connectivity index (χ2n) is 7.61. The summed E-state index contributed by atoms with van der Waals surface area (Å²) in [5.41, 5.74) is 6.70. The second kappa shape index (κ2) is 8.59. The number of carbonyl (C=O) groups is 2. The van der Waals surface area contributed by atoms with Crippen molar-refractivity contribution in [2.45, 2.75) is 38.6 Å². The van der Waals surface area contributed by atoms with Gasteiger partial charge < -0.3 is 15.8 Å². The average Bonchev–Trinajstić information content (AvgIpc) is 2.74. The summed E-state index contributed by atoms with van der Waals surface area (Å²) in [6.07, 6.45) is 4.95. The van der Waals surface area contributed by atoms with Gasteiger partial charge in [0.15, 0.2) is 0 Å². The lowest BCUT2D eigenvalue weighted by Crippen LogP contribution is -2.26. The van der Waals surface area contributed by atoms with Gasteiger partial charge in [-0.2, -0.15) is 0 Å². The van der Waals surface area contributed by atoms with E-state index in [4.69, 9.17) is 15.5 Å². The van der Waals surface area contributed by atoms with Crippen molar-refractivity contribution in [3.63, 3.8) is 0 Å². The number of hydrogen-bond acceptors (Lipinski definition) is 5. The third-order valence-corrected chi connectivity index (χ3v) is 5.56. The number of nitrogens with two attached hydrogens (primary N) is 1. The number of hydrogen-bond donors (Lipinski definition) is 2. The number of anilines is 1. The van der Waals surface area contributed by atoms with E-state index in [1.165, 1.54) is 19.2 Å². The standard InChI is InChI=1S/C23H24N4O4/c1-31-19-10-8-14(21(24)28)12-18(19)26-22(29)15-7-9-16-17(13-15)25-20-6-4-2-3-5-11-27(20)23(16)30/h7-10,12-13H,2-6,11H2,1H3,(H2,24,28)(H,26,29). The van der Waals surface area contributed by atoms with Crippen LogP contribution in [-0.2, 0) is 13.0 Å². The Labute approximate surface area is 179 Å². The van der Waals surface area contributed by atoms with E-state index in [1.807, 2.05) is 0 Å². The molecule has 8 heteroatoms. The van der Waals surface area contributed by atoms with Crippen molar-refractivity contribution in [2.24, 2.45) is 5.73 Å². The Kier molecular flexibility index (Phi) is 5.70. The molecule has 0 radical (unpaired) electrons. The second-order valence-corrected chi connectivity index (χ2v) is 7.61. The number of ether oxygens (including phenoxy) is 1. The first-order valence-electron chi connectivity index (χ1n) is 10.3. The van der Waals surface area contributed by atoms with Crippen molar-refractivity contribution in [2.75, 3.05) is 12.4 Å². The third kappa shape index (κ3) is 4.14. The Morgan fingerprint density at radius 2 is 1.84 bits per heavy atom. The molecule has 0 aliphatic carbocycles. The number of nitrogens with zero attached hydrogens (tertiary/aromatic N) is 2. The van der Waals surface area contributed by atoms with Crippen LogP contribution in [-0.4, -0.2) is 28.5 Å². The Morgan fingerprint density at radius 3 is 2.61 bits per heavy atom. The van der Waals surface area contributed by atoms with E-state index in [0.717, 1.165) is 37.9 Å². The van der Waals surface area contributed by atoms with Gasteiger partial charge in [0.1, 0.15) is 11.6 Å². The summed E-state index contributed by atoms with van der Waals surface area (Å²) in [6, 6.07) is 9.42. The van der Waals surface area contributed by atoms with Gasteiger partial charge in [-0.3, -0.25) is 19.0 Å². The van der Waals surface area contributed by atoms with Crippen molar-refractivity contribution in [1.82, 2.24) is 9.55 Å². The third-order valence-electron chi connectivity index (χ3n) is 5.56. The Bertz CT molecular complexity index is 1230. The van der Waals surface area contributed by atoms with Crippen LogP contribution in [0, 0.1) is 0 Å². The molecule has 0 bridgehead atoms. The number of aromatic nitrogens is 2. The first kappa shape index (κ1) is 20.6. The van der Waals surface area contributed by atoms with Gasteiger partial charge in [0.05, 0.1) is 23.7 Å². The highest BCUT2D eigenvalue weighted by Gasteiger charge is 2.16. The minimum atomic E-state index is -0.606. The minimum absolute atomic E-state index is 0.0651. The molecule has 3 N–H and O–H groups in total. The summed E-state index contributed by atoms with van der Waals surface area (Å²) in [7, 11) is 1.47. The zero-order chi connectivity index (χ0) is 22.0. The summed E-state index contributed by atoms with van der Waals surface area (Å²) in [6.45, 7) is 0.676. The van der Waals surface area contributed by atoms with Crippen LogP contribution in [0.4, 0.5) is 5.69 Å². The summed E-state index contributed by atoms with van der Waals surface area (Å²) in [5, 5.41) is 3.24. The summed E-state index contributed by atoms with van der Waals surface area (Å²) in [4.78, 5) is 42.0. The molecule has 1 aliphatic heterocycles. The number of benzene rings is 2. The molecule has 4 rings (SSSR count). The first-order valence-corrected chi connectivity index (χ1v) is 10.3. The number of amides is 2. The number of rotatable bonds is 4. The van der Waals surface area contributed by atoms with Crippen LogP contribution in [0.5, 0.6) is 5.75 Å². The summed E-state index contributed by atoms with van der Waals surface area (Å²) >= 11 is 0. The van der Waals surface area contributed by atoms with E-state index in [2.05, 4.69) is 5.32 Å². The van der Waals surface area contributed by atoms with Crippen LogP contribution in [0.25, 0.3) is 10.9 Å². The Hall–Kier alpha value is -3.68. The predicted molar refractivity (Wildman–Crippen MR) is 118 cm³/mol. The highest BCUT2D eigenvalue weighted by atomic mass is 16.5. The monoisotopic (exact) mass is 420 g/mol. The van der Waals surface area contributed by atoms with Crippen molar-refractivity contribution < 1.29 is 14.3 Å². The van der Waals surface area contributed by atoms with Gasteiger partial charge in [-0.25, -0.2) is 4.98 Å². The van der Waals surface area contributed by atoms with E-state index in [0.29, 0.717) is 34.4 Å². The minimum Gasteiger partial charge on any atom is -0.495 e. The molecule has 160 valence electrons. The van der Waals surface area contributed by atoms with E-state index < -0.39 is 11.8 Å². The molecule has 8 nitrogen and oxygen atoms in total. The number of fused-ring (bicyclic) bond motifs is 2. The van der Waals surface area contributed by atoms with Gasteiger partial charge >= 0.3 is 0 Å². The lowest BCUT2D eigenvalue weighted by atomic mass is 10.1. The Balaban J connectivity index is 1.69. The number of methoxy groups -OCH3 is 1. The molecule has 3 aromatic rings. The topological polar surface area (TPSA) is 116 Å². The summed E-state index contributed by atoms with van der Waals surface area (Å²) in [5.74, 6) is 0.156. The molecular weight excluding hydrogens is 396 g/mol. The lowest BCUT2D eigenvalue weighted by Gasteiger charge is -2.16. The van der Waals surface area contributed by atoms with Crippen LogP contribution in [0.2, 0.25) is 0 Å². The van der Waals surface area contributed by atoms with E-state index in [1.54, 1.807) is 28.8 Å². The van der Waals surface area contributed by atoms with E-state index in [9.17, 15) is 14.4 Å². The van der Waals surface area contributed by atoms with Crippen LogP contribution >= 0.6 is 0 Å². The fourth-order valence-electron chi connectivity index (χ4n) is 3.89. The molecule has 31 heavy (non-hydrogen) atoms. The molecular formula is C23H24N4O4. The molecule has 0 unspecified atom stereocenters. The fourth-order valence-corrected chi connectivity index (χ4v) is 3.89. The first-order chi connectivity index (χ1) is 15.0. The maximum absolute atomic E-state index is 13.0. The molecule has 0 saturated heterocycles. The molecule has 1 aliphatic rings. The molecule has 2 aromatic carbocycles. The van der Waals surface area contributed by atoms with Gasteiger partial charge in [-0.15, -0.1) is 0 Å². The maximum atomic E-state index is 13.0. The molecule has 0 atom stereocenters.